The molecule has 0 aromatic heterocycles. The third kappa shape index (κ3) is 7.24. The molecule has 0 amide bonds. The lowest BCUT2D eigenvalue weighted by molar-refractivity contribution is -0.385. The Bertz CT molecular complexity index is 443. The molecule has 1 rings (SSSR count). The molecule has 21 heavy (non-hydrogen) atoms. The quantitative estimate of drug-likeness (QED) is 0.354. The first-order valence-corrected chi connectivity index (χ1v) is 6.74. The number of ether oxygens (including phenoxy) is 4. The molecular formula is C13H18ClNO6. The van der Waals surface area contributed by atoms with Crippen LogP contribution in [0, 0.1) is 10.1 Å². The van der Waals surface area contributed by atoms with Gasteiger partial charge < -0.3 is 18.9 Å². The summed E-state index contributed by atoms with van der Waals surface area (Å²) in [7, 11) is 1.60. The van der Waals surface area contributed by atoms with E-state index in [4.69, 9.17) is 30.5 Å². The summed E-state index contributed by atoms with van der Waals surface area (Å²) in [6, 6.07) is 4.16. The van der Waals surface area contributed by atoms with Gasteiger partial charge in [-0.05, 0) is 6.07 Å². The number of methoxy groups -OCH3 is 1. The molecule has 0 saturated carbocycles. The van der Waals surface area contributed by atoms with Crippen molar-refractivity contribution in [1.82, 2.24) is 0 Å². The maximum atomic E-state index is 10.8. The summed E-state index contributed by atoms with van der Waals surface area (Å²) in [5, 5.41) is 11.2. The fourth-order valence-electron chi connectivity index (χ4n) is 1.43. The van der Waals surface area contributed by atoms with Crippen LogP contribution in [-0.4, -0.2) is 51.7 Å². The first kappa shape index (κ1) is 17.6. The van der Waals surface area contributed by atoms with E-state index in [1.54, 1.807) is 7.11 Å². The highest BCUT2D eigenvalue weighted by atomic mass is 35.5. The summed E-state index contributed by atoms with van der Waals surface area (Å²) >= 11 is 5.78. The van der Waals surface area contributed by atoms with Gasteiger partial charge in [0.25, 0.3) is 0 Å². The molecule has 0 heterocycles. The predicted molar refractivity (Wildman–Crippen MR) is 77.1 cm³/mol. The number of nitrogens with zero attached hydrogens (tertiary/aromatic N) is 1. The molecule has 0 aliphatic heterocycles. The SMILES string of the molecule is COCCOCCOCCOc1cc(Cl)ccc1[N+](=O)[O-]. The maximum absolute atomic E-state index is 10.8. The topological polar surface area (TPSA) is 80.1 Å². The Balaban J connectivity index is 2.21. The molecule has 1 aromatic rings. The van der Waals surface area contributed by atoms with Gasteiger partial charge in [0.05, 0.1) is 38.0 Å². The van der Waals surface area contributed by atoms with E-state index in [1.165, 1.54) is 18.2 Å². The molecule has 0 fully saturated rings. The van der Waals surface area contributed by atoms with Crippen LogP contribution in [0.5, 0.6) is 5.75 Å². The molecule has 8 heteroatoms. The largest absolute Gasteiger partial charge is 0.484 e. The van der Waals surface area contributed by atoms with Gasteiger partial charge in [-0.25, -0.2) is 0 Å². The number of benzene rings is 1. The highest BCUT2D eigenvalue weighted by molar-refractivity contribution is 6.30. The van der Waals surface area contributed by atoms with E-state index in [1.807, 2.05) is 0 Å². The zero-order valence-corrected chi connectivity index (χ0v) is 12.5. The first-order valence-electron chi connectivity index (χ1n) is 6.36. The second-order valence-corrected chi connectivity index (χ2v) is 4.37. The molecule has 118 valence electrons. The van der Waals surface area contributed by atoms with Crippen molar-refractivity contribution in [2.24, 2.45) is 0 Å². The Hall–Kier alpha value is -1.41. The molecule has 7 nitrogen and oxygen atoms in total. The minimum atomic E-state index is -0.518. The average Bonchev–Trinajstić information content (AvgIpc) is 2.45. The van der Waals surface area contributed by atoms with Crippen molar-refractivity contribution in [3.05, 3.63) is 33.3 Å². The van der Waals surface area contributed by atoms with Crippen LogP contribution in [0.25, 0.3) is 0 Å². The van der Waals surface area contributed by atoms with E-state index in [-0.39, 0.29) is 18.0 Å². The summed E-state index contributed by atoms with van der Waals surface area (Å²) in [6.07, 6.45) is 0. The number of nitro benzene ring substituents is 1. The Morgan fingerprint density at radius 3 is 2.33 bits per heavy atom. The molecule has 0 N–H and O–H groups in total. The number of hydrogen-bond donors (Lipinski definition) is 0. The van der Waals surface area contributed by atoms with E-state index in [0.29, 0.717) is 38.1 Å². The molecule has 1 aromatic carbocycles. The van der Waals surface area contributed by atoms with Crippen LogP contribution >= 0.6 is 11.6 Å². The van der Waals surface area contributed by atoms with E-state index in [0.717, 1.165) is 0 Å². The minimum absolute atomic E-state index is 0.123. The van der Waals surface area contributed by atoms with Crippen LogP contribution in [0.15, 0.2) is 18.2 Å². The van der Waals surface area contributed by atoms with Gasteiger partial charge in [0, 0.05) is 24.3 Å². The monoisotopic (exact) mass is 319 g/mol. The molecule has 0 bridgehead atoms. The molecular weight excluding hydrogens is 302 g/mol. The van der Waals surface area contributed by atoms with Crippen LogP contribution in [0.2, 0.25) is 5.02 Å². The van der Waals surface area contributed by atoms with Gasteiger partial charge >= 0.3 is 5.69 Å². The Morgan fingerprint density at radius 2 is 1.71 bits per heavy atom. The third-order valence-corrected chi connectivity index (χ3v) is 2.64. The summed E-state index contributed by atoms with van der Waals surface area (Å²) < 4.78 is 20.6. The maximum Gasteiger partial charge on any atom is 0.311 e. The lowest BCUT2D eigenvalue weighted by Crippen LogP contribution is -2.12. The van der Waals surface area contributed by atoms with E-state index < -0.39 is 4.92 Å². The van der Waals surface area contributed by atoms with Crippen LogP contribution in [0.1, 0.15) is 0 Å². The Labute approximate surface area is 127 Å². The zero-order valence-electron chi connectivity index (χ0n) is 11.7. The van der Waals surface area contributed by atoms with Crippen molar-refractivity contribution < 1.29 is 23.9 Å². The van der Waals surface area contributed by atoms with Crippen molar-refractivity contribution in [1.29, 1.82) is 0 Å². The molecule has 0 spiro atoms. The van der Waals surface area contributed by atoms with Gasteiger partial charge in [-0.1, -0.05) is 11.6 Å². The van der Waals surface area contributed by atoms with Gasteiger partial charge in [0.1, 0.15) is 6.61 Å². The second-order valence-electron chi connectivity index (χ2n) is 3.94. The number of halogens is 1. The van der Waals surface area contributed by atoms with E-state index in [9.17, 15) is 10.1 Å². The van der Waals surface area contributed by atoms with Crippen LogP contribution in [0.4, 0.5) is 5.69 Å². The fourth-order valence-corrected chi connectivity index (χ4v) is 1.59. The third-order valence-electron chi connectivity index (χ3n) is 2.41. The van der Waals surface area contributed by atoms with Crippen LogP contribution in [0.3, 0.4) is 0 Å². The minimum Gasteiger partial charge on any atom is -0.484 e. The van der Waals surface area contributed by atoms with Crippen LogP contribution < -0.4 is 4.74 Å². The molecule has 0 unspecified atom stereocenters. The van der Waals surface area contributed by atoms with Gasteiger partial charge in [0.15, 0.2) is 5.75 Å². The van der Waals surface area contributed by atoms with Gasteiger partial charge in [-0.3, -0.25) is 10.1 Å². The fraction of sp³-hybridized carbons (Fsp3) is 0.538. The smallest absolute Gasteiger partial charge is 0.311 e. The number of nitro groups is 1. The van der Waals surface area contributed by atoms with E-state index in [2.05, 4.69) is 0 Å². The molecule has 0 aliphatic rings. The summed E-state index contributed by atoms with van der Waals surface area (Å²) in [5.74, 6) is 0.132. The molecule has 0 saturated heterocycles. The van der Waals surface area contributed by atoms with Crippen molar-refractivity contribution in [2.75, 3.05) is 46.8 Å². The van der Waals surface area contributed by atoms with Crippen molar-refractivity contribution in [3.63, 3.8) is 0 Å². The van der Waals surface area contributed by atoms with Crippen molar-refractivity contribution in [2.45, 2.75) is 0 Å². The normalized spacial score (nSPS) is 10.6. The van der Waals surface area contributed by atoms with E-state index >= 15 is 0 Å². The standard InChI is InChI=1S/C13H18ClNO6/c1-18-4-5-19-6-7-20-8-9-21-13-10-11(14)2-3-12(13)15(16)17/h2-3,10H,4-9H2,1H3. The Morgan fingerprint density at radius 1 is 1.10 bits per heavy atom. The lowest BCUT2D eigenvalue weighted by Gasteiger charge is -2.08. The van der Waals surface area contributed by atoms with Gasteiger partial charge in [0.2, 0.25) is 0 Å². The van der Waals surface area contributed by atoms with Crippen LogP contribution in [-0.2, 0) is 14.2 Å². The zero-order chi connectivity index (χ0) is 15.5. The predicted octanol–water partition coefficient (Wildman–Crippen LogP) is 2.31. The highest BCUT2D eigenvalue weighted by Gasteiger charge is 2.15. The van der Waals surface area contributed by atoms with Crippen molar-refractivity contribution in [3.8, 4) is 5.75 Å². The van der Waals surface area contributed by atoms with Gasteiger partial charge in [-0.2, -0.15) is 0 Å². The molecule has 0 atom stereocenters. The Kier molecular flexibility index (Phi) is 8.68. The summed E-state index contributed by atoms with van der Waals surface area (Å²) in [5.41, 5.74) is -0.123. The summed E-state index contributed by atoms with van der Waals surface area (Å²) in [6.45, 7) is 2.44. The number of rotatable bonds is 11. The number of hydrogen-bond acceptors (Lipinski definition) is 6. The van der Waals surface area contributed by atoms with Crippen molar-refractivity contribution >= 4 is 17.3 Å². The average molecular weight is 320 g/mol. The lowest BCUT2D eigenvalue weighted by atomic mass is 10.3. The van der Waals surface area contributed by atoms with Gasteiger partial charge in [-0.15, -0.1) is 0 Å². The summed E-state index contributed by atoms with van der Waals surface area (Å²) in [4.78, 5) is 10.3. The molecule has 0 aliphatic carbocycles. The molecule has 0 radical (unpaired) electrons. The highest BCUT2D eigenvalue weighted by Crippen LogP contribution is 2.29. The first-order chi connectivity index (χ1) is 10.1. The second kappa shape index (κ2) is 10.3.